The Bertz CT molecular complexity index is 925. The molecule has 0 spiro atoms. The van der Waals surface area contributed by atoms with Gasteiger partial charge in [-0.15, -0.1) is 0 Å². The third kappa shape index (κ3) is 4.77. The molecule has 0 aliphatic carbocycles. The van der Waals surface area contributed by atoms with Crippen LogP contribution in [0.2, 0.25) is 10.0 Å². The highest BCUT2D eigenvalue weighted by atomic mass is 35.5. The van der Waals surface area contributed by atoms with E-state index in [1.54, 1.807) is 29.1 Å². The number of ether oxygens (including phenoxy) is 1. The Hall–Kier alpha value is -2.50. The zero-order valence-corrected chi connectivity index (χ0v) is 15.6. The molecule has 0 aliphatic heterocycles. The number of nitrogens with one attached hydrogen (secondary N) is 1. The zero-order chi connectivity index (χ0) is 18.5. The van der Waals surface area contributed by atoms with Gasteiger partial charge in [-0.3, -0.25) is 9.48 Å². The summed E-state index contributed by atoms with van der Waals surface area (Å²) in [5.74, 6) is 0.879. The number of rotatable bonds is 6. The smallest absolute Gasteiger partial charge is 0.263 e. The number of hydrogen-bond acceptors (Lipinski definition) is 3. The van der Waals surface area contributed by atoms with Gasteiger partial charge in [-0.1, -0.05) is 47.5 Å². The van der Waals surface area contributed by atoms with E-state index in [-0.39, 0.29) is 12.5 Å². The van der Waals surface area contributed by atoms with Gasteiger partial charge >= 0.3 is 0 Å². The topological polar surface area (TPSA) is 56.1 Å². The fourth-order valence-electron chi connectivity index (χ4n) is 2.38. The summed E-state index contributed by atoms with van der Waals surface area (Å²) in [6, 6.07) is 14.7. The molecular weight excluding hydrogens is 373 g/mol. The number of nitrogens with zero attached hydrogens (tertiary/aromatic N) is 2. The van der Waals surface area contributed by atoms with Crippen LogP contribution < -0.4 is 10.1 Å². The van der Waals surface area contributed by atoms with Crippen LogP contribution in [0.1, 0.15) is 11.1 Å². The molecule has 0 unspecified atom stereocenters. The van der Waals surface area contributed by atoms with Crippen molar-refractivity contribution in [1.82, 2.24) is 9.78 Å². The lowest BCUT2D eigenvalue weighted by Crippen LogP contribution is -2.20. The maximum atomic E-state index is 12.0. The highest BCUT2D eigenvalue weighted by molar-refractivity contribution is 6.42. The van der Waals surface area contributed by atoms with Crippen LogP contribution in [-0.2, 0) is 11.3 Å². The third-order valence-corrected chi connectivity index (χ3v) is 4.43. The van der Waals surface area contributed by atoms with Gasteiger partial charge in [0, 0.05) is 12.3 Å². The van der Waals surface area contributed by atoms with Gasteiger partial charge in [0.05, 0.1) is 16.6 Å². The number of carbonyl (C=O) groups is 1. The second-order valence-electron chi connectivity index (χ2n) is 5.75. The molecule has 0 aliphatic rings. The molecular formula is C19H17Cl2N3O2. The van der Waals surface area contributed by atoms with Crippen molar-refractivity contribution in [1.29, 1.82) is 0 Å². The molecule has 3 rings (SSSR count). The Labute approximate surface area is 161 Å². The number of hydrogen-bond donors (Lipinski definition) is 1. The standard InChI is InChI=1S/C19H17Cl2N3O2/c1-13-4-2-3-5-17(13)26-12-19(25)22-18-8-9-24(23-18)11-14-6-7-15(20)16(21)10-14/h2-10H,11-12H2,1H3,(H,22,23,25). The summed E-state index contributed by atoms with van der Waals surface area (Å²) in [7, 11) is 0. The molecule has 1 aromatic heterocycles. The molecule has 0 fully saturated rings. The first-order valence-corrected chi connectivity index (χ1v) is 8.72. The molecule has 26 heavy (non-hydrogen) atoms. The maximum absolute atomic E-state index is 12.0. The van der Waals surface area contributed by atoms with Crippen LogP contribution in [0.3, 0.4) is 0 Å². The average molecular weight is 390 g/mol. The number of aromatic nitrogens is 2. The van der Waals surface area contributed by atoms with E-state index in [0.717, 1.165) is 11.1 Å². The summed E-state index contributed by atoms with van der Waals surface area (Å²) >= 11 is 11.9. The molecule has 0 saturated carbocycles. The predicted molar refractivity (Wildman–Crippen MR) is 103 cm³/mol. The van der Waals surface area contributed by atoms with Crippen molar-refractivity contribution in [3.63, 3.8) is 0 Å². The Kier molecular flexibility index (Phi) is 5.81. The largest absolute Gasteiger partial charge is 0.483 e. The number of halogens is 2. The predicted octanol–water partition coefficient (Wildman–Crippen LogP) is 4.56. The lowest BCUT2D eigenvalue weighted by Gasteiger charge is -2.08. The van der Waals surface area contributed by atoms with Crippen LogP contribution in [0.5, 0.6) is 5.75 Å². The Morgan fingerprint density at radius 1 is 1.15 bits per heavy atom. The SMILES string of the molecule is Cc1ccccc1OCC(=O)Nc1ccn(Cc2ccc(Cl)c(Cl)c2)n1. The van der Waals surface area contributed by atoms with E-state index in [0.29, 0.717) is 28.2 Å². The molecule has 3 aromatic rings. The van der Waals surface area contributed by atoms with Crippen LogP contribution in [0.15, 0.2) is 54.7 Å². The Balaban J connectivity index is 1.55. The quantitative estimate of drug-likeness (QED) is 0.671. The second kappa shape index (κ2) is 8.25. The van der Waals surface area contributed by atoms with Gasteiger partial charge in [0.25, 0.3) is 5.91 Å². The molecule has 0 atom stereocenters. The molecule has 5 nitrogen and oxygen atoms in total. The second-order valence-corrected chi connectivity index (χ2v) is 6.56. The van der Waals surface area contributed by atoms with Gasteiger partial charge in [-0.05, 0) is 36.2 Å². The minimum absolute atomic E-state index is 0.0789. The van der Waals surface area contributed by atoms with Gasteiger partial charge in [0.2, 0.25) is 0 Å². The van der Waals surface area contributed by atoms with Crippen LogP contribution in [0, 0.1) is 6.92 Å². The van der Waals surface area contributed by atoms with Crippen molar-refractivity contribution in [2.24, 2.45) is 0 Å². The summed E-state index contributed by atoms with van der Waals surface area (Å²) in [5, 5.41) is 8.05. The van der Waals surface area contributed by atoms with E-state index < -0.39 is 0 Å². The van der Waals surface area contributed by atoms with E-state index in [1.165, 1.54) is 0 Å². The highest BCUT2D eigenvalue weighted by Crippen LogP contribution is 2.23. The van der Waals surface area contributed by atoms with Crippen molar-refractivity contribution in [3.05, 3.63) is 75.9 Å². The number of amides is 1. The summed E-state index contributed by atoms with van der Waals surface area (Å²) in [5.41, 5.74) is 1.94. The number of aryl methyl sites for hydroxylation is 1. The van der Waals surface area contributed by atoms with E-state index in [1.807, 2.05) is 37.3 Å². The van der Waals surface area contributed by atoms with Crippen LogP contribution in [0.25, 0.3) is 0 Å². The van der Waals surface area contributed by atoms with Crippen LogP contribution >= 0.6 is 23.2 Å². The average Bonchev–Trinajstić information content (AvgIpc) is 3.04. The van der Waals surface area contributed by atoms with Gasteiger partial charge in [0.15, 0.2) is 12.4 Å². The molecule has 7 heteroatoms. The maximum Gasteiger partial charge on any atom is 0.263 e. The molecule has 2 aromatic carbocycles. The Morgan fingerprint density at radius 3 is 2.73 bits per heavy atom. The van der Waals surface area contributed by atoms with Gasteiger partial charge < -0.3 is 10.1 Å². The Morgan fingerprint density at radius 2 is 1.96 bits per heavy atom. The lowest BCUT2D eigenvalue weighted by atomic mass is 10.2. The van der Waals surface area contributed by atoms with Gasteiger partial charge in [0.1, 0.15) is 5.75 Å². The van der Waals surface area contributed by atoms with Crippen LogP contribution in [0.4, 0.5) is 5.82 Å². The molecule has 1 N–H and O–H groups in total. The summed E-state index contributed by atoms with van der Waals surface area (Å²) < 4.78 is 7.23. The molecule has 0 radical (unpaired) electrons. The van der Waals surface area contributed by atoms with Crippen molar-refractivity contribution >= 4 is 34.9 Å². The van der Waals surface area contributed by atoms with Gasteiger partial charge in [-0.25, -0.2) is 0 Å². The molecule has 134 valence electrons. The minimum Gasteiger partial charge on any atom is -0.483 e. The monoisotopic (exact) mass is 389 g/mol. The first-order valence-electron chi connectivity index (χ1n) is 7.97. The van der Waals surface area contributed by atoms with E-state index in [9.17, 15) is 4.79 Å². The summed E-state index contributed by atoms with van der Waals surface area (Å²) in [4.78, 5) is 12.0. The highest BCUT2D eigenvalue weighted by Gasteiger charge is 2.08. The normalized spacial score (nSPS) is 10.6. The minimum atomic E-state index is -0.270. The summed E-state index contributed by atoms with van der Waals surface area (Å²) in [6.45, 7) is 2.37. The van der Waals surface area contributed by atoms with Crippen molar-refractivity contribution in [3.8, 4) is 5.75 Å². The number of carbonyl (C=O) groups excluding carboxylic acids is 1. The fraction of sp³-hybridized carbons (Fsp3) is 0.158. The molecule has 0 saturated heterocycles. The number of anilines is 1. The summed E-state index contributed by atoms with van der Waals surface area (Å²) in [6.07, 6.45) is 1.78. The zero-order valence-electron chi connectivity index (χ0n) is 14.1. The van der Waals surface area contributed by atoms with Crippen molar-refractivity contribution in [2.75, 3.05) is 11.9 Å². The number of benzene rings is 2. The fourth-order valence-corrected chi connectivity index (χ4v) is 2.70. The lowest BCUT2D eigenvalue weighted by molar-refractivity contribution is -0.118. The van der Waals surface area contributed by atoms with Crippen LogP contribution in [-0.4, -0.2) is 22.3 Å². The van der Waals surface area contributed by atoms with Crippen molar-refractivity contribution in [2.45, 2.75) is 13.5 Å². The van der Waals surface area contributed by atoms with Gasteiger partial charge in [-0.2, -0.15) is 5.10 Å². The first kappa shape index (κ1) is 18.3. The molecule has 1 heterocycles. The molecule has 1 amide bonds. The first-order chi connectivity index (χ1) is 12.5. The van der Waals surface area contributed by atoms with E-state index >= 15 is 0 Å². The van der Waals surface area contributed by atoms with E-state index in [4.69, 9.17) is 27.9 Å². The number of para-hydroxylation sites is 1. The third-order valence-electron chi connectivity index (χ3n) is 3.69. The van der Waals surface area contributed by atoms with E-state index in [2.05, 4.69) is 10.4 Å². The van der Waals surface area contributed by atoms with Crippen molar-refractivity contribution < 1.29 is 9.53 Å². The molecule has 0 bridgehead atoms.